The minimum Gasteiger partial charge on any atom is -0.381 e. The number of hydrogen-bond donors (Lipinski definition) is 1. The number of benzene rings is 1. The van der Waals surface area contributed by atoms with Crippen LogP contribution in [0.4, 0.5) is 5.69 Å². The fraction of sp³-hybridized carbons (Fsp3) is 0.571. The van der Waals surface area contributed by atoms with Gasteiger partial charge in [-0.2, -0.15) is 0 Å². The normalized spacial score (nSPS) is 23.2. The number of rotatable bonds is 5. The zero-order chi connectivity index (χ0) is 13.7. The van der Waals surface area contributed by atoms with Gasteiger partial charge in [0.05, 0.1) is 11.0 Å². The van der Waals surface area contributed by atoms with E-state index in [1.807, 2.05) is 12.1 Å². The van der Waals surface area contributed by atoms with E-state index in [0.29, 0.717) is 12.1 Å². The second-order valence-electron chi connectivity index (χ2n) is 5.03. The summed E-state index contributed by atoms with van der Waals surface area (Å²) in [5.41, 5.74) is 1.21. The van der Waals surface area contributed by atoms with Crippen molar-refractivity contribution >= 4 is 5.69 Å². The fourth-order valence-electron chi connectivity index (χ4n) is 2.54. The van der Waals surface area contributed by atoms with Crippen molar-refractivity contribution in [1.29, 1.82) is 0 Å². The van der Waals surface area contributed by atoms with Gasteiger partial charge < -0.3 is 10.1 Å². The number of hydrogen-bond acceptors (Lipinski definition) is 4. The summed E-state index contributed by atoms with van der Waals surface area (Å²) < 4.78 is 5.40. The molecular formula is C14H20N2O3. The molecule has 5 nitrogen and oxygen atoms in total. The molecule has 1 saturated carbocycles. The van der Waals surface area contributed by atoms with Crippen molar-refractivity contribution < 1.29 is 9.66 Å². The highest BCUT2D eigenvalue weighted by atomic mass is 16.6. The summed E-state index contributed by atoms with van der Waals surface area (Å²) in [6.45, 7) is 0.749. The van der Waals surface area contributed by atoms with E-state index >= 15 is 0 Å². The first-order valence-electron chi connectivity index (χ1n) is 6.68. The summed E-state index contributed by atoms with van der Waals surface area (Å²) in [6, 6.07) is 7.20. The van der Waals surface area contributed by atoms with E-state index in [2.05, 4.69) is 5.32 Å². The summed E-state index contributed by atoms with van der Waals surface area (Å²) in [5.74, 6) is 0. The lowest BCUT2D eigenvalue weighted by molar-refractivity contribution is -0.384. The molecule has 1 aliphatic rings. The third kappa shape index (κ3) is 4.01. The second kappa shape index (κ2) is 6.63. The number of nitrogens with one attached hydrogen (secondary N) is 1. The Hall–Kier alpha value is -1.46. The molecule has 0 amide bonds. The SMILES string of the molecule is COC1CCCC(NCc2ccc([N+](=O)[O-])cc2)C1. The van der Waals surface area contributed by atoms with Gasteiger partial charge in [-0.05, 0) is 31.2 Å². The highest BCUT2D eigenvalue weighted by Crippen LogP contribution is 2.21. The lowest BCUT2D eigenvalue weighted by Crippen LogP contribution is -2.36. The molecule has 0 bridgehead atoms. The number of nitro benzene ring substituents is 1. The molecule has 0 aliphatic heterocycles. The predicted octanol–water partition coefficient (Wildman–Crippen LogP) is 2.64. The van der Waals surface area contributed by atoms with Crippen LogP contribution in [0, 0.1) is 10.1 Å². The molecule has 5 heteroatoms. The molecule has 1 fully saturated rings. The van der Waals surface area contributed by atoms with Crippen molar-refractivity contribution in [2.24, 2.45) is 0 Å². The first kappa shape index (κ1) is 14.0. The minimum absolute atomic E-state index is 0.140. The number of non-ortho nitro benzene ring substituents is 1. The Balaban J connectivity index is 1.83. The van der Waals surface area contributed by atoms with E-state index in [0.717, 1.165) is 24.9 Å². The van der Waals surface area contributed by atoms with E-state index < -0.39 is 0 Å². The van der Waals surface area contributed by atoms with Crippen molar-refractivity contribution in [3.63, 3.8) is 0 Å². The Labute approximate surface area is 113 Å². The standard InChI is InChI=1S/C14H20N2O3/c1-19-14-4-2-3-12(9-14)15-10-11-5-7-13(8-6-11)16(17)18/h5-8,12,14-15H,2-4,9-10H2,1H3. The van der Waals surface area contributed by atoms with Crippen molar-refractivity contribution in [3.8, 4) is 0 Å². The van der Waals surface area contributed by atoms with E-state index in [1.54, 1.807) is 19.2 Å². The monoisotopic (exact) mass is 264 g/mol. The van der Waals surface area contributed by atoms with Crippen LogP contribution >= 0.6 is 0 Å². The third-order valence-corrected chi connectivity index (χ3v) is 3.70. The molecule has 0 aromatic heterocycles. The van der Waals surface area contributed by atoms with Crippen LogP contribution in [0.25, 0.3) is 0 Å². The summed E-state index contributed by atoms with van der Waals surface area (Å²) in [7, 11) is 1.77. The largest absolute Gasteiger partial charge is 0.381 e. The molecule has 1 aromatic rings. The Bertz CT molecular complexity index is 419. The Morgan fingerprint density at radius 1 is 1.37 bits per heavy atom. The molecule has 0 heterocycles. The predicted molar refractivity (Wildman–Crippen MR) is 73.0 cm³/mol. The quantitative estimate of drug-likeness (QED) is 0.656. The molecule has 0 saturated heterocycles. The maximum absolute atomic E-state index is 10.6. The molecule has 0 spiro atoms. The second-order valence-corrected chi connectivity index (χ2v) is 5.03. The highest BCUT2D eigenvalue weighted by molar-refractivity contribution is 5.32. The van der Waals surface area contributed by atoms with Gasteiger partial charge in [-0.3, -0.25) is 10.1 Å². The van der Waals surface area contributed by atoms with Gasteiger partial charge in [-0.25, -0.2) is 0 Å². The maximum Gasteiger partial charge on any atom is 0.269 e. The first-order valence-corrected chi connectivity index (χ1v) is 6.68. The Morgan fingerprint density at radius 2 is 2.11 bits per heavy atom. The van der Waals surface area contributed by atoms with Crippen LogP contribution in [0.5, 0.6) is 0 Å². The Morgan fingerprint density at radius 3 is 2.74 bits per heavy atom. The van der Waals surface area contributed by atoms with Gasteiger partial charge in [0.15, 0.2) is 0 Å². The van der Waals surface area contributed by atoms with E-state index in [4.69, 9.17) is 4.74 Å². The smallest absolute Gasteiger partial charge is 0.269 e. The first-order chi connectivity index (χ1) is 9.19. The molecule has 2 atom stereocenters. The summed E-state index contributed by atoms with van der Waals surface area (Å²) in [4.78, 5) is 10.2. The van der Waals surface area contributed by atoms with E-state index in [9.17, 15) is 10.1 Å². The van der Waals surface area contributed by atoms with Crippen molar-refractivity contribution in [2.45, 2.75) is 44.4 Å². The number of methoxy groups -OCH3 is 1. The number of nitro groups is 1. The van der Waals surface area contributed by atoms with Gasteiger partial charge in [-0.1, -0.05) is 12.1 Å². The van der Waals surface area contributed by atoms with Gasteiger partial charge in [0.25, 0.3) is 5.69 Å². The van der Waals surface area contributed by atoms with Gasteiger partial charge in [0, 0.05) is 31.8 Å². The van der Waals surface area contributed by atoms with E-state index in [1.165, 1.54) is 12.8 Å². The molecule has 0 radical (unpaired) electrons. The summed E-state index contributed by atoms with van der Waals surface area (Å²) in [5, 5.41) is 14.1. The molecule has 2 rings (SSSR count). The zero-order valence-corrected chi connectivity index (χ0v) is 11.2. The number of ether oxygens (including phenoxy) is 1. The van der Waals surface area contributed by atoms with Crippen LogP contribution < -0.4 is 5.32 Å². The van der Waals surface area contributed by atoms with Crippen molar-refractivity contribution in [1.82, 2.24) is 5.32 Å². The highest BCUT2D eigenvalue weighted by Gasteiger charge is 2.21. The van der Waals surface area contributed by atoms with Crippen LogP contribution in [0.2, 0.25) is 0 Å². The molecule has 1 aliphatic carbocycles. The topological polar surface area (TPSA) is 64.4 Å². The zero-order valence-electron chi connectivity index (χ0n) is 11.2. The Kier molecular flexibility index (Phi) is 4.87. The van der Waals surface area contributed by atoms with Crippen LogP contribution in [-0.2, 0) is 11.3 Å². The van der Waals surface area contributed by atoms with Gasteiger partial charge >= 0.3 is 0 Å². The number of nitrogens with zero attached hydrogens (tertiary/aromatic N) is 1. The minimum atomic E-state index is -0.373. The van der Waals surface area contributed by atoms with Gasteiger partial charge in [-0.15, -0.1) is 0 Å². The molecule has 104 valence electrons. The van der Waals surface area contributed by atoms with Crippen LogP contribution in [0.1, 0.15) is 31.2 Å². The van der Waals surface area contributed by atoms with Crippen LogP contribution in [0.15, 0.2) is 24.3 Å². The van der Waals surface area contributed by atoms with Crippen LogP contribution in [-0.4, -0.2) is 24.2 Å². The van der Waals surface area contributed by atoms with Gasteiger partial charge in [0.1, 0.15) is 0 Å². The molecule has 1 aromatic carbocycles. The fourth-order valence-corrected chi connectivity index (χ4v) is 2.54. The molecule has 2 unspecified atom stereocenters. The van der Waals surface area contributed by atoms with Crippen molar-refractivity contribution in [2.75, 3.05) is 7.11 Å². The third-order valence-electron chi connectivity index (χ3n) is 3.70. The van der Waals surface area contributed by atoms with E-state index in [-0.39, 0.29) is 10.6 Å². The summed E-state index contributed by atoms with van der Waals surface area (Å²) >= 11 is 0. The molecule has 1 N–H and O–H groups in total. The molecular weight excluding hydrogens is 244 g/mol. The van der Waals surface area contributed by atoms with Crippen LogP contribution in [0.3, 0.4) is 0 Å². The lowest BCUT2D eigenvalue weighted by Gasteiger charge is -2.29. The maximum atomic E-state index is 10.6. The van der Waals surface area contributed by atoms with Gasteiger partial charge in [0.2, 0.25) is 0 Å². The molecule has 19 heavy (non-hydrogen) atoms. The average molecular weight is 264 g/mol. The average Bonchev–Trinajstić information content (AvgIpc) is 2.46. The van der Waals surface area contributed by atoms with Crippen molar-refractivity contribution in [3.05, 3.63) is 39.9 Å². The lowest BCUT2D eigenvalue weighted by atomic mass is 9.92. The summed E-state index contributed by atoms with van der Waals surface area (Å²) in [6.07, 6.45) is 4.92.